The maximum Gasteiger partial charge on any atom is 0.322 e. The highest BCUT2D eigenvalue weighted by molar-refractivity contribution is 5.89. The number of morpholine rings is 1. The molecular weight excluding hydrogens is 430 g/mol. The van der Waals surface area contributed by atoms with E-state index in [0.717, 1.165) is 0 Å². The summed E-state index contributed by atoms with van der Waals surface area (Å²) in [4.78, 5) is 29.3. The number of anilines is 1. The summed E-state index contributed by atoms with van der Waals surface area (Å²) in [7, 11) is 1.59. The third-order valence-electron chi connectivity index (χ3n) is 6.35. The molecule has 3 amide bonds. The van der Waals surface area contributed by atoms with E-state index in [-0.39, 0.29) is 49.9 Å². The van der Waals surface area contributed by atoms with Crippen LogP contribution in [0.3, 0.4) is 0 Å². The smallest absolute Gasteiger partial charge is 0.322 e. The van der Waals surface area contributed by atoms with Gasteiger partial charge in [-0.2, -0.15) is 0 Å². The molecule has 2 N–H and O–H groups in total. The number of methoxy groups -OCH3 is 1. The fraction of sp³-hybridized carbons (Fsp3) is 0.652. The number of hydrogen-bond donors (Lipinski definition) is 2. The van der Waals surface area contributed by atoms with Gasteiger partial charge in [-0.15, -0.1) is 0 Å². The topological polar surface area (TPSA) is 110 Å². The molecule has 3 saturated heterocycles. The first-order valence-corrected chi connectivity index (χ1v) is 11.5. The summed E-state index contributed by atoms with van der Waals surface area (Å²) in [6.07, 6.45) is 0.256. The minimum atomic E-state index is -0.784. The Kier molecular flexibility index (Phi) is 8.02. The van der Waals surface area contributed by atoms with Crippen molar-refractivity contribution >= 4 is 17.6 Å². The zero-order valence-corrected chi connectivity index (χ0v) is 19.0. The third kappa shape index (κ3) is 6.14. The van der Waals surface area contributed by atoms with Crippen LogP contribution in [-0.4, -0.2) is 104 Å². The minimum absolute atomic E-state index is 0.0676. The zero-order chi connectivity index (χ0) is 23.2. The van der Waals surface area contributed by atoms with E-state index in [1.807, 2.05) is 4.90 Å². The molecule has 3 aliphatic heterocycles. The quantitative estimate of drug-likeness (QED) is 0.688. The summed E-state index contributed by atoms with van der Waals surface area (Å²) in [5.41, 5.74) is 0.635. The van der Waals surface area contributed by atoms with E-state index >= 15 is 0 Å². The van der Waals surface area contributed by atoms with Crippen molar-refractivity contribution in [3.63, 3.8) is 0 Å². The number of nitrogens with one attached hydrogen (secondary N) is 1. The van der Waals surface area contributed by atoms with E-state index in [1.165, 1.54) is 0 Å². The first-order chi connectivity index (χ1) is 16.0. The summed E-state index contributed by atoms with van der Waals surface area (Å²) in [5.74, 6) is 0.767. The number of aliphatic hydroxyl groups excluding tert-OH is 1. The molecule has 4 rings (SSSR count). The van der Waals surface area contributed by atoms with Gasteiger partial charge >= 0.3 is 6.03 Å². The molecule has 0 bridgehead atoms. The van der Waals surface area contributed by atoms with Crippen molar-refractivity contribution in [3.05, 3.63) is 24.3 Å². The average molecular weight is 464 g/mol. The van der Waals surface area contributed by atoms with E-state index in [2.05, 4.69) is 5.32 Å². The minimum Gasteiger partial charge on any atom is -0.497 e. The number of β-amino-alcohol motifs (C(OH)–C–C–N with tert-alkyl or cyclic N) is 1. The van der Waals surface area contributed by atoms with Crippen LogP contribution in [0.5, 0.6) is 5.75 Å². The molecule has 0 unspecified atom stereocenters. The van der Waals surface area contributed by atoms with Crippen molar-refractivity contribution in [2.75, 3.05) is 58.5 Å². The highest BCUT2D eigenvalue weighted by Crippen LogP contribution is 2.29. The zero-order valence-electron chi connectivity index (χ0n) is 19.0. The van der Waals surface area contributed by atoms with Gasteiger partial charge in [0, 0.05) is 18.8 Å². The molecular formula is C23H33N3O7. The molecule has 10 nitrogen and oxygen atoms in total. The number of benzene rings is 1. The van der Waals surface area contributed by atoms with Crippen molar-refractivity contribution in [1.29, 1.82) is 0 Å². The van der Waals surface area contributed by atoms with Gasteiger partial charge in [-0.3, -0.25) is 4.79 Å². The molecule has 33 heavy (non-hydrogen) atoms. The van der Waals surface area contributed by atoms with Crippen LogP contribution in [0.2, 0.25) is 0 Å². The predicted octanol–water partition coefficient (Wildman–Crippen LogP) is 1.09. The van der Waals surface area contributed by atoms with E-state index in [4.69, 9.17) is 18.9 Å². The Balaban J connectivity index is 1.40. The van der Waals surface area contributed by atoms with Gasteiger partial charge in [0.2, 0.25) is 5.91 Å². The van der Waals surface area contributed by atoms with Gasteiger partial charge in [0.05, 0.1) is 64.8 Å². The number of rotatable bonds is 4. The Morgan fingerprint density at radius 2 is 1.88 bits per heavy atom. The number of amides is 3. The van der Waals surface area contributed by atoms with E-state index in [1.54, 1.807) is 36.3 Å². The molecule has 3 fully saturated rings. The van der Waals surface area contributed by atoms with Crippen LogP contribution in [0.4, 0.5) is 10.5 Å². The number of nitrogens with zero attached hydrogens (tertiary/aromatic N) is 2. The molecule has 0 saturated carbocycles. The second-order valence-corrected chi connectivity index (χ2v) is 8.64. The Morgan fingerprint density at radius 3 is 2.61 bits per heavy atom. The summed E-state index contributed by atoms with van der Waals surface area (Å²) in [5, 5.41) is 13.2. The Hall–Kier alpha value is -2.40. The molecule has 0 aromatic heterocycles. The summed E-state index contributed by atoms with van der Waals surface area (Å²) < 4.78 is 22.4. The maximum absolute atomic E-state index is 13.2. The lowest BCUT2D eigenvalue weighted by Gasteiger charge is -2.44. The normalized spacial score (nSPS) is 28.3. The molecule has 182 valence electrons. The first kappa shape index (κ1) is 23.7. The lowest BCUT2D eigenvalue weighted by molar-refractivity contribution is -0.156. The molecule has 1 aromatic carbocycles. The second kappa shape index (κ2) is 11.1. The van der Waals surface area contributed by atoms with E-state index < -0.39 is 6.10 Å². The number of hydrogen-bond acceptors (Lipinski definition) is 7. The molecule has 1 aromatic rings. The fourth-order valence-electron chi connectivity index (χ4n) is 4.58. The average Bonchev–Trinajstić information content (AvgIpc) is 2.83. The molecule has 4 atom stereocenters. The highest BCUT2D eigenvalue weighted by atomic mass is 16.5. The van der Waals surface area contributed by atoms with Crippen LogP contribution in [0.15, 0.2) is 24.3 Å². The van der Waals surface area contributed by atoms with Gasteiger partial charge < -0.3 is 39.2 Å². The van der Waals surface area contributed by atoms with Crippen LogP contribution in [0, 0.1) is 0 Å². The number of urea groups is 1. The van der Waals surface area contributed by atoms with Gasteiger partial charge in [-0.1, -0.05) is 0 Å². The highest BCUT2D eigenvalue weighted by Gasteiger charge is 2.40. The van der Waals surface area contributed by atoms with Gasteiger partial charge in [0.25, 0.3) is 0 Å². The van der Waals surface area contributed by atoms with Gasteiger partial charge in [0.1, 0.15) is 11.9 Å². The molecule has 0 radical (unpaired) electrons. The Labute approximate surface area is 193 Å². The summed E-state index contributed by atoms with van der Waals surface area (Å²) >= 11 is 0. The monoisotopic (exact) mass is 463 g/mol. The van der Waals surface area contributed by atoms with Gasteiger partial charge in [-0.25, -0.2) is 4.79 Å². The van der Waals surface area contributed by atoms with Crippen LogP contribution in [0.1, 0.15) is 19.3 Å². The molecule has 3 aliphatic rings. The van der Waals surface area contributed by atoms with E-state index in [0.29, 0.717) is 57.0 Å². The Morgan fingerprint density at radius 1 is 1.12 bits per heavy atom. The molecule has 0 spiro atoms. The largest absolute Gasteiger partial charge is 0.497 e. The number of aliphatic hydroxyl groups is 1. The lowest BCUT2D eigenvalue weighted by atomic mass is 9.94. The molecule has 0 aliphatic carbocycles. The van der Waals surface area contributed by atoms with Crippen molar-refractivity contribution in [2.45, 2.75) is 43.6 Å². The van der Waals surface area contributed by atoms with Gasteiger partial charge in [-0.05, 0) is 37.1 Å². The van der Waals surface area contributed by atoms with Crippen LogP contribution in [0.25, 0.3) is 0 Å². The molecule has 10 heteroatoms. The standard InChI is InChI=1S/C23H33N3O7/c1-30-18-4-2-16(3-5-18)24-23(29)26-13-17(27)14-32-15-21-20(26)7-6-19(33-21)12-22(28)25-8-10-31-11-9-25/h2-5,17,19-21,27H,6-15H2,1H3,(H,24,29)/t17-,19+,20-,21+/m0/s1. The predicted molar refractivity (Wildman–Crippen MR) is 119 cm³/mol. The summed E-state index contributed by atoms with van der Waals surface area (Å²) in [6.45, 7) is 2.87. The SMILES string of the molecule is COc1ccc(NC(=O)N2C[C@H](O)COC[C@H]3O[C@@H](CC(=O)N4CCOCC4)CC[C@@H]32)cc1. The second-order valence-electron chi connectivity index (χ2n) is 8.64. The van der Waals surface area contributed by atoms with Crippen molar-refractivity contribution in [3.8, 4) is 5.75 Å². The Bertz CT molecular complexity index is 800. The lowest BCUT2D eigenvalue weighted by Crippen LogP contribution is -2.58. The van der Waals surface area contributed by atoms with Crippen molar-refractivity contribution in [1.82, 2.24) is 9.80 Å². The van der Waals surface area contributed by atoms with E-state index in [9.17, 15) is 14.7 Å². The molecule has 3 heterocycles. The third-order valence-corrected chi connectivity index (χ3v) is 6.35. The summed E-state index contributed by atoms with van der Waals surface area (Å²) in [6, 6.07) is 6.52. The van der Waals surface area contributed by atoms with Crippen LogP contribution >= 0.6 is 0 Å². The number of fused-ring (bicyclic) bond motifs is 1. The maximum atomic E-state index is 13.2. The first-order valence-electron chi connectivity index (χ1n) is 11.5. The van der Waals surface area contributed by atoms with Crippen molar-refractivity contribution in [2.24, 2.45) is 0 Å². The van der Waals surface area contributed by atoms with Gasteiger partial charge in [0.15, 0.2) is 0 Å². The fourth-order valence-corrected chi connectivity index (χ4v) is 4.58. The number of ether oxygens (including phenoxy) is 4. The number of carbonyl (C=O) groups is 2. The van der Waals surface area contributed by atoms with Crippen molar-refractivity contribution < 1.29 is 33.6 Å². The van der Waals surface area contributed by atoms with Crippen LogP contribution in [-0.2, 0) is 19.0 Å². The van der Waals surface area contributed by atoms with Crippen LogP contribution < -0.4 is 10.1 Å². The number of carbonyl (C=O) groups excluding carboxylic acids is 2.